The molecule has 5 rings (SSSR count). The van der Waals surface area contributed by atoms with Crippen molar-refractivity contribution in [3.05, 3.63) is 132 Å². The highest BCUT2D eigenvalue weighted by molar-refractivity contribution is 5.89. The highest BCUT2D eigenvalue weighted by Gasteiger charge is 2.12. The molecule has 39 heavy (non-hydrogen) atoms. The number of carbonyl (C=O) groups excluding carboxylic acids is 1. The number of nitrogens with one attached hydrogen (secondary N) is 1. The zero-order chi connectivity index (χ0) is 26.9. The van der Waals surface area contributed by atoms with Gasteiger partial charge in [0.25, 0.3) is 5.91 Å². The number of para-hydroxylation sites is 1. The van der Waals surface area contributed by atoms with Crippen molar-refractivity contribution in [2.45, 2.75) is 13.5 Å². The fourth-order valence-electron chi connectivity index (χ4n) is 3.93. The lowest BCUT2D eigenvalue weighted by Crippen LogP contribution is -2.24. The van der Waals surface area contributed by atoms with Gasteiger partial charge in [-0.2, -0.15) is 10.2 Å². The van der Waals surface area contributed by atoms with Crippen LogP contribution in [-0.2, 0) is 11.4 Å². The molecule has 0 bridgehead atoms. The summed E-state index contributed by atoms with van der Waals surface area (Å²) in [5.41, 5.74) is 7.98. The number of nitrogens with zero attached hydrogens (tertiary/aromatic N) is 3. The van der Waals surface area contributed by atoms with Crippen LogP contribution in [0.5, 0.6) is 11.5 Å². The van der Waals surface area contributed by atoms with E-state index in [2.05, 4.69) is 10.5 Å². The summed E-state index contributed by atoms with van der Waals surface area (Å²) in [6, 6.07) is 35.2. The number of aryl methyl sites for hydroxylation is 1. The SMILES string of the molecule is Cc1cccc(OCC(=O)N/N=C/c2cn(-c3ccccc3)nc2-c2ccc(OCc3ccccc3)cc2)c1. The second kappa shape index (κ2) is 12.4. The van der Waals surface area contributed by atoms with Gasteiger partial charge in [0.05, 0.1) is 11.9 Å². The highest BCUT2D eigenvalue weighted by atomic mass is 16.5. The van der Waals surface area contributed by atoms with Crippen molar-refractivity contribution in [2.24, 2.45) is 5.10 Å². The van der Waals surface area contributed by atoms with Gasteiger partial charge in [0.2, 0.25) is 0 Å². The molecule has 0 saturated heterocycles. The zero-order valence-corrected chi connectivity index (χ0v) is 21.5. The molecule has 1 amide bonds. The van der Waals surface area contributed by atoms with Crippen LogP contribution in [0.2, 0.25) is 0 Å². The number of hydrazone groups is 1. The van der Waals surface area contributed by atoms with E-state index in [-0.39, 0.29) is 12.5 Å². The summed E-state index contributed by atoms with van der Waals surface area (Å²) in [4.78, 5) is 12.3. The van der Waals surface area contributed by atoms with Gasteiger partial charge in [-0.3, -0.25) is 4.79 Å². The summed E-state index contributed by atoms with van der Waals surface area (Å²) < 4.78 is 13.3. The Balaban J connectivity index is 1.29. The van der Waals surface area contributed by atoms with Gasteiger partial charge in [-0.15, -0.1) is 0 Å². The Morgan fingerprint density at radius 1 is 0.872 bits per heavy atom. The van der Waals surface area contributed by atoms with E-state index in [1.807, 2.05) is 122 Å². The van der Waals surface area contributed by atoms with E-state index in [1.54, 1.807) is 10.9 Å². The fourth-order valence-corrected chi connectivity index (χ4v) is 3.93. The summed E-state index contributed by atoms with van der Waals surface area (Å²) in [5.74, 6) is 1.04. The third-order valence-electron chi connectivity index (χ3n) is 5.89. The Morgan fingerprint density at radius 3 is 2.36 bits per heavy atom. The Bertz CT molecular complexity index is 1550. The summed E-state index contributed by atoms with van der Waals surface area (Å²) in [6.45, 7) is 2.32. The molecule has 4 aromatic carbocycles. The second-order valence-corrected chi connectivity index (χ2v) is 8.91. The van der Waals surface area contributed by atoms with Crippen molar-refractivity contribution in [3.8, 4) is 28.4 Å². The predicted molar refractivity (Wildman–Crippen MR) is 152 cm³/mol. The molecule has 0 atom stereocenters. The van der Waals surface area contributed by atoms with E-state index in [4.69, 9.17) is 14.6 Å². The van der Waals surface area contributed by atoms with Crippen molar-refractivity contribution in [1.82, 2.24) is 15.2 Å². The number of amides is 1. The molecule has 1 heterocycles. The van der Waals surface area contributed by atoms with Crippen molar-refractivity contribution >= 4 is 12.1 Å². The number of hydrogen-bond donors (Lipinski definition) is 1. The highest BCUT2D eigenvalue weighted by Crippen LogP contribution is 2.25. The van der Waals surface area contributed by atoms with Crippen molar-refractivity contribution < 1.29 is 14.3 Å². The molecule has 1 N–H and O–H groups in total. The first-order valence-corrected chi connectivity index (χ1v) is 12.6. The van der Waals surface area contributed by atoms with Crippen LogP contribution in [0.15, 0.2) is 120 Å². The maximum atomic E-state index is 12.3. The van der Waals surface area contributed by atoms with Crippen LogP contribution in [0.4, 0.5) is 0 Å². The number of benzene rings is 4. The van der Waals surface area contributed by atoms with Crippen LogP contribution in [0.3, 0.4) is 0 Å². The molecule has 0 fully saturated rings. The van der Waals surface area contributed by atoms with Crippen LogP contribution in [0, 0.1) is 6.92 Å². The molecule has 0 aliphatic carbocycles. The maximum Gasteiger partial charge on any atom is 0.277 e. The molecule has 0 unspecified atom stereocenters. The lowest BCUT2D eigenvalue weighted by molar-refractivity contribution is -0.123. The van der Waals surface area contributed by atoms with Gasteiger partial charge in [-0.25, -0.2) is 10.1 Å². The van der Waals surface area contributed by atoms with Crippen LogP contribution in [0.1, 0.15) is 16.7 Å². The van der Waals surface area contributed by atoms with E-state index in [0.29, 0.717) is 12.4 Å². The molecule has 5 aromatic rings. The van der Waals surface area contributed by atoms with Gasteiger partial charge >= 0.3 is 0 Å². The minimum atomic E-state index is -0.357. The predicted octanol–water partition coefficient (Wildman–Crippen LogP) is 5.96. The number of rotatable bonds is 10. The third-order valence-corrected chi connectivity index (χ3v) is 5.89. The Hall–Kier alpha value is -5.17. The average Bonchev–Trinajstić information content (AvgIpc) is 3.40. The Morgan fingerprint density at radius 2 is 1.62 bits per heavy atom. The standard InChI is InChI=1S/C32H28N4O3/c1-24-9-8-14-30(19-24)39-23-31(37)34-33-20-27-21-36(28-12-6-3-7-13-28)35-32(27)26-15-17-29(18-16-26)38-22-25-10-4-2-5-11-25/h2-21H,22-23H2,1H3,(H,34,37)/b33-20+. The topological polar surface area (TPSA) is 77.7 Å². The number of hydrogen-bond acceptors (Lipinski definition) is 5. The first-order valence-electron chi connectivity index (χ1n) is 12.6. The summed E-state index contributed by atoms with van der Waals surface area (Å²) in [5, 5.41) is 8.97. The maximum absolute atomic E-state index is 12.3. The molecule has 0 radical (unpaired) electrons. The first-order chi connectivity index (χ1) is 19.1. The normalized spacial score (nSPS) is 10.9. The van der Waals surface area contributed by atoms with Crippen LogP contribution in [-0.4, -0.2) is 28.5 Å². The fraction of sp³-hybridized carbons (Fsp3) is 0.0938. The lowest BCUT2D eigenvalue weighted by Gasteiger charge is -2.07. The summed E-state index contributed by atoms with van der Waals surface area (Å²) >= 11 is 0. The van der Waals surface area contributed by atoms with Crippen LogP contribution >= 0.6 is 0 Å². The van der Waals surface area contributed by atoms with E-state index in [9.17, 15) is 4.79 Å². The molecular weight excluding hydrogens is 488 g/mol. The summed E-state index contributed by atoms with van der Waals surface area (Å²) in [7, 11) is 0. The van der Waals surface area contributed by atoms with Crippen LogP contribution < -0.4 is 14.9 Å². The monoisotopic (exact) mass is 516 g/mol. The van der Waals surface area contributed by atoms with Gasteiger partial charge in [0, 0.05) is 17.3 Å². The minimum Gasteiger partial charge on any atom is -0.489 e. The average molecular weight is 517 g/mol. The van der Waals surface area contributed by atoms with E-state index in [0.717, 1.165) is 39.4 Å². The molecule has 0 saturated carbocycles. The van der Waals surface area contributed by atoms with E-state index in [1.165, 1.54) is 0 Å². The largest absolute Gasteiger partial charge is 0.489 e. The molecule has 0 aliphatic rings. The van der Waals surface area contributed by atoms with E-state index >= 15 is 0 Å². The van der Waals surface area contributed by atoms with Gasteiger partial charge < -0.3 is 9.47 Å². The summed E-state index contributed by atoms with van der Waals surface area (Å²) in [6.07, 6.45) is 3.47. The lowest BCUT2D eigenvalue weighted by atomic mass is 10.1. The molecule has 7 nitrogen and oxygen atoms in total. The quantitative estimate of drug-likeness (QED) is 0.184. The second-order valence-electron chi connectivity index (χ2n) is 8.91. The van der Waals surface area contributed by atoms with Crippen molar-refractivity contribution in [3.63, 3.8) is 0 Å². The smallest absolute Gasteiger partial charge is 0.277 e. The van der Waals surface area contributed by atoms with Crippen molar-refractivity contribution in [2.75, 3.05) is 6.61 Å². The van der Waals surface area contributed by atoms with Crippen molar-refractivity contribution in [1.29, 1.82) is 0 Å². The molecule has 7 heteroatoms. The minimum absolute atomic E-state index is 0.138. The number of aromatic nitrogens is 2. The first kappa shape index (κ1) is 25.5. The molecule has 1 aromatic heterocycles. The molecule has 0 aliphatic heterocycles. The van der Waals surface area contributed by atoms with Gasteiger partial charge in [0.15, 0.2) is 6.61 Å². The van der Waals surface area contributed by atoms with Crippen LogP contribution in [0.25, 0.3) is 16.9 Å². The third kappa shape index (κ3) is 6.99. The van der Waals surface area contributed by atoms with E-state index < -0.39 is 0 Å². The zero-order valence-electron chi connectivity index (χ0n) is 21.5. The number of carbonyl (C=O) groups is 1. The molecule has 194 valence electrons. The van der Waals surface area contributed by atoms with Gasteiger partial charge in [-0.05, 0) is 66.6 Å². The Kier molecular flexibility index (Phi) is 8.09. The number of ether oxygens (including phenoxy) is 2. The molecule has 0 spiro atoms. The van der Waals surface area contributed by atoms with Gasteiger partial charge in [0.1, 0.15) is 23.8 Å². The molecular formula is C32H28N4O3. The Labute approximate surface area is 227 Å². The van der Waals surface area contributed by atoms with Gasteiger partial charge in [-0.1, -0.05) is 60.7 Å².